The SMILES string of the molecule is CCCCCCCCCCOc1ccc(C(=O)Oc2ccc(C=Nc3ccc(F)c(Cl)c3)cc2OC)cc1. The number of esters is 1. The van der Waals surface area contributed by atoms with Gasteiger partial charge < -0.3 is 14.2 Å². The molecule has 3 aromatic carbocycles. The number of aliphatic imine (C=N–C) groups is 1. The van der Waals surface area contributed by atoms with Gasteiger partial charge in [0.2, 0.25) is 0 Å². The lowest BCUT2D eigenvalue weighted by atomic mass is 10.1. The van der Waals surface area contributed by atoms with Crippen LogP contribution in [-0.4, -0.2) is 25.9 Å². The zero-order valence-electron chi connectivity index (χ0n) is 22.1. The van der Waals surface area contributed by atoms with Gasteiger partial charge in [-0.3, -0.25) is 4.99 Å². The molecule has 0 saturated carbocycles. The molecular weight excluding hydrogens is 505 g/mol. The number of methoxy groups -OCH3 is 1. The lowest BCUT2D eigenvalue weighted by molar-refractivity contribution is 0.0729. The number of unbranched alkanes of at least 4 members (excludes halogenated alkanes) is 7. The van der Waals surface area contributed by atoms with Crippen LogP contribution in [0.5, 0.6) is 17.2 Å². The molecule has 0 aromatic heterocycles. The van der Waals surface area contributed by atoms with Gasteiger partial charge in [-0.15, -0.1) is 0 Å². The summed E-state index contributed by atoms with van der Waals surface area (Å²) in [4.78, 5) is 17.0. The van der Waals surface area contributed by atoms with E-state index in [0.29, 0.717) is 29.2 Å². The van der Waals surface area contributed by atoms with Gasteiger partial charge in [0.25, 0.3) is 0 Å². The molecule has 0 saturated heterocycles. The van der Waals surface area contributed by atoms with E-state index >= 15 is 0 Å². The maximum atomic E-state index is 13.3. The summed E-state index contributed by atoms with van der Waals surface area (Å²) in [5, 5.41) is 0.00239. The number of hydrogen-bond acceptors (Lipinski definition) is 5. The van der Waals surface area contributed by atoms with Gasteiger partial charge in [0, 0.05) is 6.21 Å². The highest BCUT2D eigenvalue weighted by Crippen LogP contribution is 2.29. The lowest BCUT2D eigenvalue weighted by Crippen LogP contribution is -2.09. The fraction of sp³-hybridized carbons (Fsp3) is 0.355. The molecule has 7 heteroatoms. The summed E-state index contributed by atoms with van der Waals surface area (Å²) < 4.78 is 30.1. The van der Waals surface area contributed by atoms with E-state index in [1.165, 1.54) is 70.3 Å². The third-order valence-electron chi connectivity index (χ3n) is 6.01. The number of nitrogens with zero attached hydrogens (tertiary/aromatic N) is 1. The quantitative estimate of drug-likeness (QED) is 0.0836. The highest BCUT2D eigenvalue weighted by molar-refractivity contribution is 6.31. The maximum Gasteiger partial charge on any atom is 0.343 e. The van der Waals surface area contributed by atoms with Crippen LogP contribution in [0.25, 0.3) is 0 Å². The van der Waals surface area contributed by atoms with Crippen molar-refractivity contribution < 1.29 is 23.4 Å². The van der Waals surface area contributed by atoms with Crippen molar-refractivity contribution in [2.45, 2.75) is 58.3 Å². The molecule has 38 heavy (non-hydrogen) atoms. The van der Waals surface area contributed by atoms with Crippen molar-refractivity contribution in [1.82, 2.24) is 0 Å². The van der Waals surface area contributed by atoms with Crippen LogP contribution in [-0.2, 0) is 0 Å². The number of hydrogen-bond donors (Lipinski definition) is 0. The van der Waals surface area contributed by atoms with Gasteiger partial charge in [0.1, 0.15) is 11.6 Å². The summed E-state index contributed by atoms with van der Waals surface area (Å²) in [6.45, 7) is 2.90. The minimum Gasteiger partial charge on any atom is -0.494 e. The second-order valence-electron chi connectivity index (χ2n) is 9.00. The summed E-state index contributed by atoms with van der Waals surface area (Å²) in [5.41, 5.74) is 1.63. The first-order valence-electron chi connectivity index (χ1n) is 13.1. The van der Waals surface area contributed by atoms with Gasteiger partial charge in [-0.25, -0.2) is 9.18 Å². The molecule has 3 aromatic rings. The van der Waals surface area contributed by atoms with Gasteiger partial charge >= 0.3 is 5.97 Å². The average Bonchev–Trinajstić information content (AvgIpc) is 2.93. The molecule has 0 bridgehead atoms. The molecule has 0 aliphatic carbocycles. The van der Waals surface area contributed by atoms with Crippen molar-refractivity contribution in [2.24, 2.45) is 4.99 Å². The molecule has 0 N–H and O–H groups in total. The van der Waals surface area contributed by atoms with E-state index in [2.05, 4.69) is 11.9 Å². The summed E-state index contributed by atoms with van der Waals surface area (Å²) in [6, 6.07) is 16.2. The monoisotopic (exact) mass is 539 g/mol. The van der Waals surface area contributed by atoms with Crippen molar-refractivity contribution >= 4 is 29.5 Å². The minimum atomic E-state index is -0.501. The smallest absolute Gasteiger partial charge is 0.343 e. The first-order valence-corrected chi connectivity index (χ1v) is 13.5. The number of benzene rings is 3. The maximum absolute atomic E-state index is 13.3. The number of carbonyl (C=O) groups is 1. The predicted molar refractivity (Wildman–Crippen MR) is 151 cm³/mol. The molecule has 0 amide bonds. The Labute approximate surface area is 229 Å². The molecule has 0 aliphatic heterocycles. The first-order chi connectivity index (χ1) is 18.5. The fourth-order valence-electron chi connectivity index (χ4n) is 3.84. The van der Waals surface area contributed by atoms with Crippen LogP contribution in [0.4, 0.5) is 10.1 Å². The summed E-state index contributed by atoms with van der Waals surface area (Å²) in [5.74, 6) is 0.395. The van der Waals surface area contributed by atoms with Gasteiger partial charge in [-0.2, -0.15) is 0 Å². The van der Waals surface area contributed by atoms with Crippen molar-refractivity contribution in [1.29, 1.82) is 0 Å². The molecule has 5 nitrogen and oxygen atoms in total. The fourth-order valence-corrected chi connectivity index (χ4v) is 4.01. The molecule has 202 valence electrons. The van der Waals surface area contributed by atoms with E-state index in [4.69, 9.17) is 25.8 Å². The van der Waals surface area contributed by atoms with E-state index in [1.54, 1.807) is 48.7 Å². The first kappa shape index (κ1) is 29.2. The standard InChI is InChI=1S/C31H35ClFNO4/c1-3-4-5-6-7-8-9-10-19-37-26-15-12-24(13-16-26)31(35)38-29-18-11-23(20-30(29)36-2)22-34-25-14-17-28(33)27(32)21-25/h11-18,20-22H,3-10,19H2,1-2H3. The van der Waals surface area contributed by atoms with Gasteiger partial charge in [0.05, 0.1) is 30.0 Å². The topological polar surface area (TPSA) is 57.1 Å². The predicted octanol–water partition coefficient (Wildman–Crippen LogP) is 8.98. The van der Waals surface area contributed by atoms with Crippen molar-refractivity contribution in [3.05, 3.63) is 82.6 Å². The Morgan fingerprint density at radius 2 is 1.61 bits per heavy atom. The minimum absolute atomic E-state index is 0.00239. The second-order valence-corrected chi connectivity index (χ2v) is 9.41. The van der Waals surface area contributed by atoms with Crippen LogP contribution in [0.1, 0.15) is 74.2 Å². The van der Waals surface area contributed by atoms with Crippen molar-refractivity contribution in [3.63, 3.8) is 0 Å². The Morgan fingerprint density at radius 1 is 0.895 bits per heavy atom. The Kier molecular flexibility index (Phi) is 12.1. The van der Waals surface area contributed by atoms with Crippen molar-refractivity contribution in [3.8, 4) is 17.2 Å². The van der Waals surface area contributed by atoms with Crippen LogP contribution in [0, 0.1) is 5.82 Å². The molecular formula is C31H35ClFNO4. The Hall–Kier alpha value is -3.38. The van der Waals surface area contributed by atoms with Gasteiger partial charge in [0.15, 0.2) is 11.5 Å². The van der Waals surface area contributed by atoms with Crippen LogP contribution < -0.4 is 14.2 Å². The Morgan fingerprint density at radius 3 is 2.29 bits per heavy atom. The zero-order chi connectivity index (χ0) is 27.2. The lowest BCUT2D eigenvalue weighted by Gasteiger charge is -2.11. The highest BCUT2D eigenvalue weighted by Gasteiger charge is 2.13. The summed E-state index contributed by atoms with van der Waals surface area (Å²) in [6.07, 6.45) is 11.6. The molecule has 0 radical (unpaired) electrons. The normalized spacial score (nSPS) is 11.1. The van der Waals surface area contributed by atoms with Crippen LogP contribution in [0.15, 0.2) is 65.7 Å². The number of halogens is 2. The van der Waals surface area contributed by atoms with Crippen LogP contribution in [0.2, 0.25) is 5.02 Å². The average molecular weight is 540 g/mol. The second kappa shape index (κ2) is 15.8. The third-order valence-corrected chi connectivity index (χ3v) is 6.30. The third kappa shape index (κ3) is 9.49. The van der Waals surface area contributed by atoms with Crippen LogP contribution in [0.3, 0.4) is 0 Å². The number of carbonyl (C=O) groups excluding carboxylic acids is 1. The van der Waals surface area contributed by atoms with E-state index in [9.17, 15) is 9.18 Å². The molecule has 0 heterocycles. The van der Waals surface area contributed by atoms with E-state index in [0.717, 1.165) is 12.2 Å². The number of rotatable bonds is 15. The number of ether oxygens (including phenoxy) is 3. The molecule has 0 spiro atoms. The molecule has 0 fully saturated rings. The van der Waals surface area contributed by atoms with Gasteiger partial charge in [-0.05, 0) is 72.6 Å². The Balaban J connectivity index is 1.48. The summed E-state index contributed by atoms with van der Waals surface area (Å²) in [7, 11) is 1.49. The highest BCUT2D eigenvalue weighted by atomic mass is 35.5. The molecule has 0 atom stereocenters. The van der Waals surface area contributed by atoms with E-state index in [-0.39, 0.29) is 10.8 Å². The molecule has 0 unspecified atom stereocenters. The summed E-state index contributed by atoms with van der Waals surface area (Å²) >= 11 is 5.80. The van der Waals surface area contributed by atoms with Gasteiger partial charge in [-0.1, -0.05) is 63.5 Å². The zero-order valence-corrected chi connectivity index (χ0v) is 22.8. The Bertz CT molecular complexity index is 1200. The van der Waals surface area contributed by atoms with E-state index < -0.39 is 11.8 Å². The van der Waals surface area contributed by atoms with E-state index in [1.807, 2.05) is 0 Å². The van der Waals surface area contributed by atoms with Crippen molar-refractivity contribution in [2.75, 3.05) is 13.7 Å². The molecule has 0 aliphatic rings. The largest absolute Gasteiger partial charge is 0.494 e. The molecule has 3 rings (SSSR count). The van der Waals surface area contributed by atoms with Crippen LogP contribution >= 0.6 is 11.6 Å².